The number of amides is 1. The Morgan fingerprint density at radius 1 is 1.26 bits per heavy atom. The Balaban J connectivity index is 1.83. The van der Waals surface area contributed by atoms with Gasteiger partial charge in [-0.2, -0.15) is 0 Å². The van der Waals surface area contributed by atoms with Gasteiger partial charge in [-0.15, -0.1) is 0 Å². The van der Waals surface area contributed by atoms with E-state index in [0.717, 1.165) is 5.56 Å². The highest BCUT2D eigenvalue weighted by Crippen LogP contribution is 2.40. The van der Waals surface area contributed by atoms with Crippen LogP contribution in [-0.2, 0) is 9.54 Å². The molecule has 118 valence electrons. The minimum Gasteiger partial charge on any atom is -0.304 e. The highest BCUT2D eigenvalue weighted by atomic mass is 32.2. The molecule has 0 unspecified atom stereocenters. The first-order valence-electron chi connectivity index (χ1n) is 7.24. The first-order chi connectivity index (χ1) is 11.0. The maximum atomic E-state index is 13.0. The van der Waals surface area contributed by atoms with E-state index in [1.807, 2.05) is 32.0 Å². The normalized spacial score (nSPS) is 23.8. The molecule has 2 aromatic rings. The molecule has 2 atom stereocenters. The number of rotatable bonds is 3. The lowest BCUT2D eigenvalue weighted by atomic mass is 10.1. The zero-order valence-electron chi connectivity index (χ0n) is 12.8. The lowest BCUT2D eigenvalue weighted by Gasteiger charge is -2.17. The number of halogens is 1. The summed E-state index contributed by atoms with van der Waals surface area (Å²) >= 11 is 1.35. The summed E-state index contributed by atoms with van der Waals surface area (Å²) in [6.45, 7) is 3.74. The summed E-state index contributed by atoms with van der Waals surface area (Å²) < 4.78 is 12.2. The summed E-state index contributed by atoms with van der Waals surface area (Å²) in [6.07, 6.45) is 1.67. The quantitative estimate of drug-likeness (QED) is 0.939. The Morgan fingerprint density at radius 3 is 2.65 bits per heavy atom. The highest BCUT2D eigenvalue weighted by molar-refractivity contribution is 8.15. The number of aliphatic imine (C=N–C) groups is 1. The summed E-state index contributed by atoms with van der Waals surface area (Å²) in [7, 11) is 0. The zero-order chi connectivity index (χ0) is 16.4. The van der Waals surface area contributed by atoms with Crippen molar-refractivity contribution in [1.82, 2.24) is 10.3 Å². The Labute approximate surface area is 138 Å². The van der Waals surface area contributed by atoms with Crippen LogP contribution < -0.4 is 5.32 Å². The van der Waals surface area contributed by atoms with E-state index in [0.29, 0.717) is 10.9 Å². The molecule has 1 saturated heterocycles. The lowest BCUT2D eigenvalue weighted by molar-refractivity contribution is -0.121. The van der Waals surface area contributed by atoms with Gasteiger partial charge in [0.1, 0.15) is 10.6 Å². The molecule has 1 aromatic heterocycles. The topological polar surface area (TPSA) is 54.4 Å². The number of amidine groups is 1. The Morgan fingerprint density at radius 2 is 2.00 bits per heavy atom. The summed E-state index contributed by atoms with van der Waals surface area (Å²) in [4.78, 5) is 21.2. The van der Waals surface area contributed by atoms with Crippen molar-refractivity contribution in [2.24, 2.45) is 4.99 Å². The van der Waals surface area contributed by atoms with Crippen LogP contribution >= 0.6 is 11.8 Å². The minimum atomic E-state index is -0.789. The predicted molar refractivity (Wildman–Crippen MR) is 89.6 cm³/mol. The van der Waals surface area contributed by atoms with Gasteiger partial charge in [-0.1, -0.05) is 30.0 Å². The number of nitrogens with zero attached hydrogens (tertiary/aromatic N) is 2. The summed E-state index contributed by atoms with van der Waals surface area (Å²) in [6, 6.07) is 11.5. The number of thioether (sulfide) groups is 1. The fourth-order valence-corrected chi connectivity index (χ4v) is 3.46. The second-order valence-electron chi connectivity index (χ2n) is 5.47. The third-order valence-electron chi connectivity index (χ3n) is 3.77. The molecule has 0 spiro atoms. The number of hydrogen-bond acceptors (Lipinski definition) is 4. The molecule has 1 fully saturated rings. The third-order valence-corrected chi connectivity index (χ3v) is 4.98. The van der Waals surface area contributed by atoms with Gasteiger partial charge < -0.3 is 5.32 Å². The van der Waals surface area contributed by atoms with Crippen LogP contribution in [0.4, 0.5) is 4.39 Å². The molecular weight excluding hydrogens is 313 g/mol. The fourth-order valence-electron chi connectivity index (χ4n) is 2.35. The van der Waals surface area contributed by atoms with Gasteiger partial charge >= 0.3 is 0 Å². The largest absolute Gasteiger partial charge is 0.304 e. The molecule has 1 aromatic carbocycles. The van der Waals surface area contributed by atoms with Crippen LogP contribution in [0, 0.1) is 5.82 Å². The number of hydrogen-bond donors (Lipinski definition) is 1. The number of carbonyl (C=O) groups is 1. The van der Waals surface area contributed by atoms with Crippen LogP contribution in [0.3, 0.4) is 0 Å². The summed E-state index contributed by atoms with van der Waals surface area (Å²) in [5, 5.41) is 3.37. The van der Waals surface area contributed by atoms with E-state index in [2.05, 4.69) is 15.3 Å². The van der Waals surface area contributed by atoms with Crippen molar-refractivity contribution in [2.75, 3.05) is 0 Å². The number of carbonyl (C=O) groups excluding carboxylic acids is 1. The molecular formula is C17H16FN3OS. The maximum Gasteiger partial charge on any atom is 0.248 e. The average Bonchev–Trinajstić information content (AvgIpc) is 2.84. The Kier molecular flexibility index (Phi) is 4.17. The van der Waals surface area contributed by atoms with Gasteiger partial charge in [0.2, 0.25) is 5.91 Å². The first kappa shape index (κ1) is 15.7. The molecule has 6 heteroatoms. The number of pyridine rings is 1. The standard InChI is InChI=1S/C17H16FN3OS/c1-11(12-6-8-13(18)9-7-12)20-16-21-15(22)17(2,23-16)14-5-3-4-10-19-14/h3-11H,1-2H3,(H,20,21,22)/t11-,17+/m1/s1. The second kappa shape index (κ2) is 6.12. The van der Waals surface area contributed by atoms with Crippen molar-refractivity contribution in [2.45, 2.75) is 24.6 Å². The van der Waals surface area contributed by atoms with Crippen LogP contribution in [0.1, 0.15) is 31.1 Å². The molecule has 23 heavy (non-hydrogen) atoms. The van der Waals surface area contributed by atoms with Gasteiger partial charge in [0.15, 0.2) is 5.17 Å². The van der Waals surface area contributed by atoms with Crippen LogP contribution in [0.25, 0.3) is 0 Å². The van der Waals surface area contributed by atoms with Crippen molar-refractivity contribution >= 4 is 22.8 Å². The van der Waals surface area contributed by atoms with Gasteiger partial charge in [0.05, 0.1) is 11.7 Å². The van der Waals surface area contributed by atoms with E-state index in [9.17, 15) is 9.18 Å². The smallest absolute Gasteiger partial charge is 0.248 e. The maximum absolute atomic E-state index is 13.0. The SMILES string of the molecule is C[C@@H](N=C1NC(=O)[C@](C)(c2ccccn2)S1)c1ccc(F)cc1. The zero-order valence-corrected chi connectivity index (χ0v) is 13.6. The molecule has 3 rings (SSSR count). The molecule has 1 amide bonds. The van der Waals surface area contributed by atoms with Crippen molar-refractivity contribution in [3.05, 3.63) is 65.7 Å². The Bertz CT molecular complexity index is 748. The molecule has 0 saturated carbocycles. The molecule has 1 aliphatic rings. The van der Waals surface area contributed by atoms with Crippen molar-refractivity contribution in [1.29, 1.82) is 0 Å². The summed E-state index contributed by atoms with van der Waals surface area (Å²) in [5.74, 6) is -0.411. The van der Waals surface area contributed by atoms with Crippen LogP contribution in [-0.4, -0.2) is 16.1 Å². The third kappa shape index (κ3) is 3.12. The molecule has 4 nitrogen and oxygen atoms in total. The fraction of sp³-hybridized carbons (Fsp3) is 0.235. The number of benzene rings is 1. The Hall–Kier alpha value is -2.21. The van der Waals surface area contributed by atoms with E-state index >= 15 is 0 Å². The molecule has 1 aliphatic heterocycles. The van der Waals surface area contributed by atoms with E-state index in [4.69, 9.17) is 0 Å². The van der Waals surface area contributed by atoms with Crippen LogP contribution in [0.2, 0.25) is 0 Å². The lowest BCUT2D eigenvalue weighted by Crippen LogP contribution is -2.32. The second-order valence-corrected chi connectivity index (χ2v) is 6.87. The minimum absolute atomic E-state index is 0.133. The monoisotopic (exact) mass is 329 g/mol. The van der Waals surface area contributed by atoms with Gasteiger partial charge in [-0.3, -0.25) is 14.8 Å². The average molecular weight is 329 g/mol. The summed E-state index contributed by atoms with van der Waals surface area (Å²) in [5.41, 5.74) is 1.59. The van der Waals surface area contributed by atoms with Crippen LogP contribution in [0.5, 0.6) is 0 Å². The van der Waals surface area contributed by atoms with Crippen molar-refractivity contribution in [3.8, 4) is 0 Å². The molecule has 2 heterocycles. The van der Waals surface area contributed by atoms with E-state index in [1.54, 1.807) is 18.3 Å². The molecule has 0 bridgehead atoms. The first-order valence-corrected chi connectivity index (χ1v) is 8.06. The molecule has 1 N–H and O–H groups in total. The number of nitrogens with one attached hydrogen (secondary N) is 1. The van der Waals surface area contributed by atoms with Gasteiger partial charge in [0.25, 0.3) is 0 Å². The van der Waals surface area contributed by atoms with E-state index < -0.39 is 4.75 Å². The molecule has 0 aliphatic carbocycles. The predicted octanol–water partition coefficient (Wildman–Crippen LogP) is 3.42. The van der Waals surface area contributed by atoms with Gasteiger partial charge in [-0.05, 0) is 43.7 Å². The van der Waals surface area contributed by atoms with Crippen molar-refractivity contribution in [3.63, 3.8) is 0 Å². The van der Waals surface area contributed by atoms with Crippen molar-refractivity contribution < 1.29 is 9.18 Å². The highest BCUT2D eigenvalue weighted by Gasteiger charge is 2.45. The molecule has 0 radical (unpaired) electrons. The van der Waals surface area contributed by atoms with Gasteiger partial charge in [0, 0.05) is 6.20 Å². The van der Waals surface area contributed by atoms with Gasteiger partial charge in [-0.25, -0.2) is 4.39 Å². The van der Waals surface area contributed by atoms with E-state index in [1.165, 1.54) is 23.9 Å². The van der Waals surface area contributed by atoms with Crippen LogP contribution in [0.15, 0.2) is 53.7 Å². The number of aromatic nitrogens is 1. The van der Waals surface area contributed by atoms with E-state index in [-0.39, 0.29) is 17.8 Å².